The lowest BCUT2D eigenvalue weighted by Crippen LogP contribution is -2.04. The van der Waals surface area contributed by atoms with Crippen LogP contribution in [0.2, 0.25) is 0 Å². The van der Waals surface area contributed by atoms with Gasteiger partial charge in [0.1, 0.15) is 0 Å². The Morgan fingerprint density at radius 2 is 0.729 bits per heavy atom. The van der Waals surface area contributed by atoms with Crippen molar-refractivity contribution in [3.8, 4) is 78.9 Å². The van der Waals surface area contributed by atoms with Crippen LogP contribution in [0.1, 0.15) is 11.1 Å². The molecule has 13 rings (SSSR count). The Morgan fingerprint density at radius 1 is 0.300 bits per heavy atom. The summed E-state index contributed by atoms with van der Waals surface area (Å²) in [5.41, 5.74) is 18.5. The molecule has 0 radical (unpaired) electrons. The number of aryl methyl sites for hydroxylation is 2. The van der Waals surface area contributed by atoms with E-state index in [0.717, 1.165) is 61.3 Å². The number of hydrogen-bond acceptors (Lipinski definition) is 4. The van der Waals surface area contributed by atoms with Crippen LogP contribution in [0.4, 0.5) is 0 Å². The average Bonchev–Trinajstić information content (AvgIpc) is 3.93. The smallest absolute Gasteiger partial charge is 0.164 e. The van der Waals surface area contributed by atoms with Gasteiger partial charge in [-0.05, 0) is 95.8 Å². The third-order valence-corrected chi connectivity index (χ3v) is 13.8. The van der Waals surface area contributed by atoms with E-state index in [2.05, 4.69) is 205 Å². The van der Waals surface area contributed by atoms with Crippen molar-refractivity contribution in [1.29, 1.82) is 0 Å². The molecule has 6 heteroatoms. The highest BCUT2D eigenvalue weighted by Crippen LogP contribution is 2.43. The fourth-order valence-corrected chi connectivity index (χ4v) is 10.4. The Morgan fingerprint density at radius 3 is 1.27 bits per heavy atom. The third-order valence-electron chi connectivity index (χ3n) is 13.8. The van der Waals surface area contributed by atoms with Crippen molar-refractivity contribution in [2.24, 2.45) is 0 Å². The number of aromatic nitrogens is 6. The van der Waals surface area contributed by atoms with E-state index in [1.807, 2.05) is 48.8 Å². The standard InChI is InChI=1S/C64H44N6/c1-41-17-9-11-23-48(41)45-30-33-58-54(37-45)50-25-13-15-27-56(50)69(58)60-39-47(64-67-62(43-19-5-3-6-20-43)66-63(68-64)44-21-7-4-8-22-44)29-32-52(60)53-35-36-65-40-61(53)70-57-28-16-14-26-51(57)55-38-46(31-34-59(55)70)49-24-12-10-18-42(49)2/h3-40H,1-2H3. The van der Waals surface area contributed by atoms with Crippen LogP contribution in [0, 0.1) is 13.8 Å². The molecular formula is C64H44N6. The van der Waals surface area contributed by atoms with Crippen LogP contribution in [-0.4, -0.2) is 29.1 Å². The van der Waals surface area contributed by atoms with E-state index in [-0.39, 0.29) is 0 Å². The quantitative estimate of drug-likeness (QED) is 0.152. The van der Waals surface area contributed by atoms with Gasteiger partial charge in [0.05, 0.1) is 39.6 Å². The molecule has 0 aliphatic rings. The molecule has 4 heterocycles. The molecule has 0 spiro atoms. The second kappa shape index (κ2) is 16.8. The second-order valence-electron chi connectivity index (χ2n) is 18.0. The zero-order valence-corrected chi connectivity index (χ0v) is 38.6. The van der Waals surface area contributed by atoms with Crippen molar-refractivity contribution in [2.45, 2.75) is 13.8 Å². The van der Waals surface area contributed by atoms with Crippen LogP contribution in [0.15, 0.2) is 231 Å². The Hall–Kier alpha value is -9.26. The number of pyridine rings is 1. The number of fused-ring (bicyclic) bond motifs is 6. The summed E-state index contributed by atoms with van der Waals surface area (Å²) in [6.07, 6.45) is 3.92. The van der Waals surface area contributed by atoms with E-state index in [9.17, 15) is 0 Å². The molecule has 0 unspecified atom stereocenters. The summed E-state index contributed by atoms with van der Waals surface area (Å²) >= 11 is 0. The maximum atomic E-state index is 5.22. The van der Waals surface area contributed by atoms with Crippen molar-refractivity contribution < 1.29 is 0 Å². The molecule has 0 saturated heterocycles. The summed E-state index contributed by atoms with van der Waals surface area (Å²) in [5, 5.41) is 4.71. The van der Waals surface area contributed by atoms with Gasteiger partial charge in [-0.3, -0.25) is 4.98 Å². The minimum atomic E-state index is 0.588. The molecule has 0 aliphatic carbocycles. The number of nitrogens with zero attached hydrogens (tertiary/aromatic N) is 6. The van der Waals surface area contributed by atoms with Crippen LogP contribution < -0.4 is 0 Å². The first kappa shape index (κ1) is 41.0. The number of benzene rings is 9. The molecule has 330 valence electrons. The topological polar surface area (TPSA) is 61.4 Å². The summed E-state index contributed by atoms with van der Waals surface area (Å²) in [4.78, 5) is 20.3. The van der Waals surface area contributed by atoms with Crippen LogP contribution in [0.5, 0.6) is 0 Å². The number of para-hydroxylation sites is 2. The van der Waals surface area contributed by atoms with Gasteiger partial charge in [0.15, 0.2) is 17.5 Å². The maximum absolute atomic E-state index is 5.22. The summed E-state index contributed by atoms with van der Waals surface area (Å²) in [5.74, 6) is 1.82. The SMILES string of the molecule is Cc1ccccc1-c1ccc2c(c1)c1ccccc1n2-c1cnccc1-c1ccc(-c2nc(-c3ccccc3)nc(-c3ccccc3)n2)cc1-n1c2ccccc2c2cc(-c3ccccc3C)ccc21. The summed E-state index contributed by atoms with van der Waals surface area (Å²) in [6, 6.07) is 77.6. The lowest BCUT2D eigenvalue weighted by atomic mass is 9.98. The van der Waals surface area contributed by atoms with Gasteiger partial charge in [0.2, 0.25) is 0 Å². The van der Waals surface area contributed by atoms with E-state index >= 15 is 0 Å². The van der Waals surface area contributed by atoms with Crippen molar-refractivity contribution in [1.82, 2.24) is 29.1 Å². The lowest BCUT2D eigenvalue weighted by molar-refractivity contribution is 1.07. The van der Waals surface area contributed by atoms with E-state index in [1.54, 1.807) is 0 Å². The molecular weight excluding hydrogens is 853 g/mol. The van der Waals surface area contributed by atoms with Gasteiger partial charge in [0, 0.05) is 55.6 Å². The first-order chi connectivity index (χ1) is 34.6. The van der Waals surface area contributed by atoms with Gasteiger partial charge in [0.25, 0.3) is 0 Å². The second-order valence-corrected chi connectivity index (χ2v) is 18.0. The highest BCUT2D eigenvalue weighted by Gasteiger charge is 2.23. The molecule has 0 aliphatic heterocycles. The fourth-order valence-electron chi connectivity index (χ4n) is 10.4. The zero-order valence-electron chi connectivity index (χ0n) is 38.6. The van der Waals surface area contributed by atoms with Gasteiger partial charge in [-0.2, -0.15) is 0 Å². The van der Waals surface area contributed by atoms with Gasteiger partial charge in [-0.25, -0.2) is 15.0 Å². The molecule has 0 saturated carbocycles. The normalized spacial score (nSPS) is 11.6. The van der Waals surface area contributed by atoms with Crippen molar-refractivity contribution in [3.63, 3.8) is 0 Å². The first-order valence-corrected chi connectivity index (χ1v) is 23.7. The fraction of sp³-hybridized carbons (Fsp3) is 0.0312. The largest absolute Gasteiger partial charge is 0.309 e. The molecule has 0 amide bonds. The average molecular weight is 897 g/mol. The van der Waals surface area contributed by atoms with Crippen LogP contribution in [0.3, 0.4) is 0 Å². The number of rotatable bonds is 8. The first-order valence-electron chi connectivity index (χ1n) is 23.7. The lowest BCUT2D eigenvalue weighted by Gasteiger charge is -2.19. The van der Waals surface area contributed by atoms with E-state index in [0.29, 0.717) is 17.5 Å². The van der Waals surface area contributed by atoms with Crippen molar-refractivity contribution >= 4 is 43.6 Å². The molecule has 0 bridgehead atoms. The van der Waals surface area contributed by atoms with E-state index in [4.69, 9.17) is 19.9 Å². The van der Waals surface area contributed by atoms with Gasteiger partial charge >= 0.3 is 0 Å². The van der Waals surface area contributed by atoms with Gasteiger partial charge < -0.3 is 9.13 Å². The van der Waals surface area contributed by atoms with Crippen LogP contribution in [-0.2, 0) is 0 Å². The molecule has 4 aromatic heterocycles. The Balaban J connectivity index is 1.08. The van der Waals surface area contributed by atoms with Crippen molar-refractivity contribution in [3.05, 3.63) is 242 Å². The predicted molar refractivity (Wildman–Crippen MR) is 288 cm³/mol. The molecule has 0 N–H and O–H groups in total. The van der Waals surface area contributed by atoms with Gasteiger partial charge in [-0.1, -0.05) is 170 Å². The molecule has 0 atom stereocenters. The molecule has 70 heavy (non-hydrogen) atoms. The zero-order chi connectivity index (χ0) is 46.7. The maximum Gasteiger partial charge on any atom is 0.164 e. The Labute approximate surface area is 405 Å². The molecule has 6 nitrogen and oxygen atoms in total. The van der Waals surface area contributed by atoms with E-state index in [1.165, 1.54) is 54.9 Å². The van der Waals surface area contributed by atoms with Crippen molar-refractivity contribution in [2.75, 3.05) is 0 Å². The summed E-state index contributed by atoms with van der Waals surface area (Å²) in [7, 11) is 0. The number of hydrogen-bond donors (Lipinski definition) is 0. The summed E-state index contributed by atoms with van der Waals surface area (Å²) < 4.78 is 4.81. The Kier molecular flexibility index (Phi) is 9.84. The minimum absolute atomic E-state index is 0.588. The van der Waals surface area contributed by atoms with Crippen LogP contribution in [0.25, 0.3) is 123 Å². The minimum Gasteiger partial charge on any atom is -0.309 e. The third kappa shape index (κ3) is 6.88. The summed E-state index contributed by atoms with van der Waals surface area (Å²) in [6.45, 7) is 4.36. The molecule has 13 aromatic rings. The Bertz CT molecular complexity index is 4090. The molecule has 9 aromatic carbocycles. The van der Waals surface area contributed by atoms with E-state index < -0.39 is 0 Å². The van der Waals surface area contributed by atoms with Gasteiger partial charge in [-0.15, -0.1) is 0 Å². The highest BCUT2D eigenvalue weighted by molar-refractivity contribution is 6.13. The highest BCUT2D eigenvalue weighted by atomic mass is 15.0. The van der Waals surface area contributed by atoms with Crippen LogP contribution >= 0.6 is 0 Å². The monoisotopic (exact) mass is 896 g/mol. The predicted octanol–water partition coefficient (Wildman–Crippen LogP) is 16.1. The molecule has 0 fully saturated rings.